The van der Waals surface area contributed by atoms with Gasteiger partial charge in [-0.1, -0.05) is 35.3 Å². The molecule has 5 heteroatoms. The summed E-state index contributed by atoms with van der Waals surface area (Å²) in [6.45, 7) is 0. The summed E-state index contributed by atoms with van der Waals surface area (Å²) in [5.74, 6) is 0.633. The summed E-state index contributed by atoms with van der Waals surface area (Å²) in [6, 6.07) is 7.46. The summed E-state index contributed by atoms with van der Waals surface area (Å²) in [5, 5.41) is 5.35. The Morgan fingerprint density at radius 2 is 1.89 bits per heavy atom. The van der Waals surface area contributed by atoms with Crippen molar-refractivity contribution >= 4 is 23.2 Å². The van der Waals surface area contributed by atoms with Gasteiger partial charge < -0.3 is 4.74 Å². The van der Waals surface area contributed by atoms with E-state index in [1.54, 1.807) is 10.9 Å². The Morgan fingerprint density at radius 3 is 2.63 bits per heavy atom. The summed E-state index contributed by atoms with van der Waals surface area (Å²) in [5.41, 5.74) is 0.760. The minimum absolute atomic E-state index is 0.265. The van der Waals surface area contributed by atoms with Crippen molar-refractivity contribution in [1.82, 2.24) is 9.78 Å². The summed E-state index contributed by atoms with van der Waals surface area (Å²) in [7, 11) is 0. The lowest BCUT2D eigenvalue weighted by Gasteiger charge is -2.11. The molecule has 3 rings (SSSR count). The van der Waals surface area contributed by atoms with Crippen molar-refractivity contribution in [3.8, 4) is 11.4 Å². The van der Waals surface area contributed by atoms with Crippen LogP contribution in [0.1, 0.15) is 25.7 Å². The molecule has 1 aromatic heterocycles. The van der Waals surface area contributed by atoms with Crippen LogP contribution in [-0.4, -0.2) is 15.9 Å². The van der Waals surface area contributed by atoms with Crippen LogP contribution in [0.15, 0.2) is 30.5 Å². The zero-order valence-electron chi connectivity index (χ0n) is 10.4. The summed E-state index contributed by atoms with van der Waals surface area (Å²) >= 11 is 12.5. The second-order valence-electron chi connectivity index (χ2n) is 4.69. The van der Waals surface area contributed by atoms with Crippen LogP contribution in [0.4, 0.5) is 0 Å². The van der Waals surface area contributed by atoms with Crippen LogP contribution in [0.5, 0.6) is 5.75 Å². The Hall–Kier alpha value is -1.19. The van der Waals surface area contributed by atoms with E-state index in [-0.39, 0.29) is 6.10 Å². The fourth-order valence-electron chi connectivity index (χ4n) is 2.37. The molecule has 1 heterocycles. The highest BCUT2D eigenvalue weighted by Crippen LogP contribution is 2.32. The molecule has 0 saturated heterocycles. The average molecular weight is 297 g/mol. The molecule has 0 aliphatic heterocycles. The zero-order valence-corrected chi connectivity index (χ0v) is 11.9. The quantitative estimate of drug-likeness (QED) is 0.834. The highest BCUT2D eigenvalue weighted by molar-refractivity contribution is 6.33. The SMILES string of the molecule is Clc1ccccc1-n1ncc(OC2CCCC2)c1Cl. The number of hydrogen-bond acceptors (Lipinski definition) is 2. The predicted molar refractivity (Wildman–Crippen MR) is 76.5 cm³/mol. The van der Waals surface area contributed by atoms with Crippen molar-refractivity contribution in [3.05, 3.63) is 40.6 Å². The van der Waals surface area contributed by atoms with Crippen LogP contribution in [0.2, 0.25) is 10.2 Å². The molecule has 3 nitrogen and oxygen atoms in total. The number of ether oxygens (including phenoxy) is 1. The van der Waals surface area contributed by atoms with E-state index < -0.39 is 0 Å². The molecule has 0 spiro atoms. The smallest absolute Gasteiger partial charge is 0.177 e. The first kappa shape index (κ1) is 12.8. The van der Waals surface area contributed by atoms with Gasteiger partial charge in [-0.3, -0.25) is 0 Å². The van der Waals surface area contributed by atoms with Crippen molar-refractivity contribution < 1.29 is 4.74 Å². The van der Waals surface area contributed by atoms with Crippen LogP contribution >= 0.6 is 23.2 Å². The third kappa shape index (κ3) is 2.58. The van der Waals surface area contributed by atoms with Gasteiger partial charge in [0.2, 0.25) is 0 Å². The van der Waals surface area contributed by atoms with Crippen molar-refractivity contribution in [2.45, 2.75) is 31.8 Å². The van der Waals surface area contributed by atoms with E-state index in [0.717, 1.165) is 18.5 Å². The molecule has 1 aliphatic carbocycles. The van der Waals surface area contributed by atoms with Crippen LogP contribution in [0.25, 0.3) is 5.69 Å². The van der Waals surface area contributed by atoms with Gasteiger partial charge in [0.15, 0.2) is 10.9 Å². The molecular weight excluding hydrogens is 283 g/mol. The first-order valence-corrected chi connectivity index (χ1v) is 7.16. The van der Waals surface area contributed by atoms with Gasteiger partial charge in [-0.25, -0.2) is 4.68 Å². The molecule has 2 aromatic rings. The Labute approximate surface area is 122 Å². The largest absolute Gasteiger partial charge is 0.485 e. The third-order valence-electron chi connectivity index (χ3n) is 3.36. The number of halogens is 2. The van der Waals surface area contributed by atoms with Crippen LogP contribution in [0.3, 0.4) is 0 Å². The maximum Gasteiger partial charge on any atom is 0.177 e. The topological polar surface area (TPSA) is 27.1 Å². The minimum Gasteiger partial charge on any atom is -0.485 e. The Morgan fingerprint density at radius 1 is 1.16 bits per heavy atom. The molecule has 0 atom stereocenters. The van der Waals surface area contributed by atoms with Gasteiger partial charge in [-0.05, 0) is 37.8 Å². The second-order valence-corrected chi connectivity index (χ2v) is 5.45. The molecule has 0 amide bonds. The fourth-order valence-corrected chi connectivity index (χ4v) is 2.82. The van der Waals surface area contributed by atoms with Crippen molar-refractivity contribution in [2.75, 3.05) is 0 Å². The number of benzene rings is 1. The highest BCUT2D eigenvalue weighted by Gasteiger charge is 2.20. The lowest BCUT2D eigenvalue weighted by atomic mass is 10.3. The van der Waals surface area contributed by atoms with Gasteiger partial charge in [0, 0.05) is 0 Å². The van der Waals surface area contributed by atoms with Crippen molar-refractivity contribution in [1.29, 1.82) is 0 Å². The lowest BCUT2D eigenvalue weighted by molar-refractivity contribution is 0.210. The molecule has 0 N–H and O–H groups in total. The van der Waals surface area contributed by atoms with Gasteiger partial charge in [-0.2, -0.15) is 5.10 Å². The molecule has 1 aromatic carbocycles. The maximum atomic E-state index is 6.33. The van der Waals surface area contributed by atoms with E-state index in [2.05, 4.69) is 5.10 Å². The molecule has 19 heavy (non-hydrogen) atoms. The van der Waals surface area contributed by atoms with Crippen LogP contribution in [-0.2, 0) is 0 Å². The van der Waals surface area contributed by atoms with Crippen LogP contribution in [0, 0.1) is 0 Å². The Kier molecular flexibility index (Phi) is 3.67. The first-order chi connectivity index (χ1) is 9.25. The van der Waals surface area contributed by atoms with Crippen LogP contribution < -0.4 is 4.74 Å². The van der Waals surface area contributed by atoms with E-state index in [1.165, 1.54) is 12.8 Å². The number of para-hydroxylation sites is 1. The minimum atomic E-state index is 0.265. The van der Waals surface area contributed by atoms with Crippen molar-refractivity contribution in [3.63, 3.8) is 0 Å². The average Bonchev–Trinajstić information content (AvgIpc) is 3.03. The summed E-state index contributed by atoms with van der Waals surface area (Å²) in [6.07, 6.45) is 6.55. The predicted octanol–water partition coefficient (Wildman–Crippen LogP) is 4.50. The van der Waals surface area contributed by atoms with E-state index >= 15 is 0 Å². The maximum absolute atomic E-state index is 6.33. The fraction of sp³-hybridized carbons (Fsp3) is 0.357. The number of nitrogens with zero attached hydrogens (tertiary/aromatic N) is 2. The Bertz CT molecular complexity index is 577. The number of aromatic nitrogens is 2. The standard InChI is InChI=1S/C14H14Cl2N2O/c15-11-7-3-4-8-12(11)18-14(16)13(9-17-18)19-10-5-1-2-6-10/h3-4,7-10H,1-2,5-6H2. The molecule has 0 unspecified atom stereocenters. The zero-order chi connectivity index (χ0) is 13.2. The van der Waals surface area contributed by atoms with E-state index in [0.29, 0.717) is 15.9 Å². The second kappa shape index (κ2) is 5.43. The summed E-state index contributed by atoms with van der Waals surface area (Å²) < 4.78 is 7.50. The number of rotatable bonds is 3. The monoisotopic (exact) mass is 296 g/mol. The van der Waals surface area contributed by atoms with Gasteiger partial charge in [0.1, 0.15) is 0 Å². The van der Waals surface area contributed by atoms with Gasteiger partial charge in [0.25, 0.3) is 0 Å². The normalized spacial score (nSPS) is 15.9. The van der Waals surface area contributed by atoms with Gasteiger partial charge in [0.05, 0.1) is 23.0 Å². The van der Waals surface area contributed by atoms with Gasteiger partial charge >= 0.3 is 0 Å². The van der Waals surface area contributed by atoms with E-state index in [9.17, 15) is 0 Å². The van der Waals surface area contributed by atoms with Gasteiger partial charge in [-0.15, -0.1) is 0 Å². The van der Waals surface area contributed by atoms with Crippen molar-refractivity contribution in [2.24, 2.45) is 0 Å². The molecule has 0 radical (unpaired) electrons. The van der Waals surface area contributed by atoms with E-state index in [1.807, 2.05) is 24.3 Å². The summed E-state index contributed by atoms with van der Waals surface area (Å²) in [4.78, 5) is 0. The molecular formula is C14H14Cl2N2O. The Balaban J connectivity index is 1.88. The first-order valence-electron chi connectivity index (χ1n) is 6.41. The van der Waals surface area contributed by atoms with E-state index in [4.69, 9.17) is 27.9 Å². The molecule has 100 valence electrons. The molecule has 1 saturated carbocycles. The third-order valence-corrected chi connectivity index (χ3v) is 4.02. The molecule has 1 fully saturated rings. The number of hydrogen-bond donors (Lipinski definition) is 0. The highest BCUT2D eigenvalue weighted by atomic mass is 35.5. The molecule has 0 bridgehead atoms. The lowest BCUT2D eigenvalue weighted by Crippen LogP contribution is -2.10. The molecule has 1 aliphatic rings.